The molecule has 3 aromatic rings. The highest BCUT2D eigenvalue weighted by molar-refractivity contribution is 6.31. The smallest absolute Gasteiger partial charge is 0.410 e. The van der Waals surface area contributed by atoms with E-state index < -0.39 is 0 Å². The van der Waals surface area contributed by atoms with Gasteiger partial charge in [-0.05, 0) is 49.6 Å². The van der Waals surface area contributed by atoms with Crippen molar-refractivity contribution in [3.8, 4) is 0 Å². The summed E-state index contributed by atoms with van der Waals surface area (Å²) in [5, 5.41) is 1.85. The summed E-state index contributed by atoms with van der Waals surface area (Å²) in [7, 11) is 0. The minimum absolute atomic E-state index is 0.151. The number of H-pyrrole nitrogens is 1. The second-order valence-electron chi connectivity index (χ2n) is 6.90. The Morgan fingerprint density at radius 2 is 2.00 bits per heavy atom. The second-order valence-corrected chi connectivity index (χ2v) is 7.33. The van der Waals surface area contributed by atoms with E-state index in [9.17, 15) is 4.79 Å². The van der Waals surface area contributed by atoms with E-state index in [1.807, 2.05) is 67.3 Å². The Morgan fingerprint density at radius 3 is 2.73 bits per heavy atom. The van der Waals surface area contributed by atoms with Crippen molar-refractivity contribution >= 4 is 28.6 Å². The van der Waals surface area contributed by atoms with E-state index in [1.54, 1.807) is 0 Å². The molecule has 0 spiro atoms. The quantitative estimate of drug-likeness (QED) is 0.665. The van der Waals surface area contributed by atoms with Gasteiger partial charge in [-0.1, -0.05) is 41.9 Å². The standard InChI is InChI=1S/C21H21ClN2O2/c1-13(2)26-21(25)24-11-10-16-17-12-15(22)8-9-18(17)23-19(16)20(24)14-6-4-3-5-7-14/h3-9,12-13,20,23H,10-11H2,1-2H3. The number of amides is 1. The van der Waals surface area contributed by atoms with E-state index in [4.69, 9.17) is 16.3 Å². The molecule has 1 aromatic heterocycles. The van der Waals surface area contributed by atoms with E-state index in [0.717, 1.165) is 33.6 Å². The van der Waals surface area contributed by atoms with Crippen molar-refractivity contribution in [3.63, 3.8) is 0 Å². The molecular weight excluding hydrogens is 348 g/mol. The molecule has 1 amide bonds. The maximum Gasteiger partial charge on any atom is 0.410 e. The summed E-state index contributed by atoms with van der Waals surface area (Å²) in [6.07, 6.45) is 0.338. The molecular formula is C21H21ClN2O2. The van der Waals surface area contributed by atoms with Crippen LogP contribution in [0.5, 0.6) is 0 Å². The molecule has 1 aliphatic heterocycles. The minimum Gasteiger partial charge on any atom is -0.447 e. The summed E-state index contributed by atoms with van der Waals surface area (Å²) in [4.78, 5) is 18.1. The number of fused-ring (bicyclic) bond motifs is 3. The first-order valence-electron chi connectivity index (χ1n) is 8.87. The lowest BCUT2D eigenvalue weighted by Gasteiger charge is -2.35. The van der Waals surface area contributed by atoms with Crippen LogP contribution in [0.15, 0.2) is 48.5 Å². The SMILES string of the molecule is CC(C)OC(=O)N1CCc2c([nH]c3ccc(Cl)cc23)C1c1ccccc1. The van der Waals surface area contributed by atoms with E-state index in [1.165, 1.54) is 5.56 Å². The summed E-state index contributed by atoms with van der Waals surface area (Å²) < 4.78 is 5.50. The van der Waals surface area contributed by atoms with Crippen LogP contribution >= 0.6 is 11.6 Å². The van der Waals surface area contributed by atoms with Crippen molar-refractivity contribution in [2.24, 2.45) is 0 Å². The Hall–Kier alpha value is -2.46. The van der Waals surface area contributed by atoms with Gasteiger partial charge in [0.05, 0.1) is 6.10 Å². The van der Waals surface area contributed by atoms with Crippen LogP contribution in [0.25, 0.3) is 10.9 Å². The van der Waals surface area contributed by atoms with Gasteiger partial charge in [-0.25, -0.2) is 4.79 Å². The van der Waals surface area contributed by atoms with Crippen molar-refractivity contribution in [1.29, 1.82) is 0 Å². The number of ether oxygens (including phenoxy) is 1. The summed E-state index contributed by atoms with van der Waals surface area (Å²) in [5.41, 5.74) is 4.37. The molecule has 1 aliphatic rings. The predicted octanol–water partition coefficient (Wildman–Crippen LogP) is 5.31. The Kier molecular flexibility index (Phi) is 4.37. The highest BCUT2D eigenvalue weighted by atomic mass is 35.5. The van der Waals surface area contributed by atoms with Crippen molar-refractivity contribution < 1.29 is 9.53 Å². The van der Waals surface area contributed by atoms with Crippen molar-refractivity contribution in [2.45, 2.75) is 32.4 Å². The predicted molar refractivity (Wildman–Crippen MR) is 104 cm³/mol. The number of halogens is 1. The highest BCUT2D eigenvalue weighted by Gasteiger charge is 2.35. The zero-order valence-electron chi connectivity index (χ0n) is 14.8. The molecule has 5 heteroatoms. The molecule has 0 saturated carbocycles. The third-order valence-corrected chi connectivity index (χ3v) is 5.01. The monoisotopic (exact) mass is 368 g/mol. The lowest BCUT2D eigenvalue weighted by molar-refractivity contribution is 0.0655. The average molecular weight is 369 g/mol. The fourth-order valence-electron chi connectivity index (χ4n) is 3.71. The Morgan fingerprint density at radius 1 is 1.23 bits per heavy atom. The molecule has 4 rings (SSSR count). The van der Waals surface area contributed by atoms with Crippen molar-refractivity contribution in [2.75, 3.05) is 6.54 Å². The van der Waals surface area contributed by atoms with Crippen LogP contribution in [0.2, 0.25) is 5.02 Å². The number of benzene rings is 2. The van der Waals surface area contributed by atoms with Gasteiger partial charge in [0.1, 0.15) is 6.04 Å². The van der Waals surface area contributed by atoms with Crippen LogP contribution in [-0.2, 0) is 11.2 Å². The third kappa shape index (κ3) is 2.95. The van der Waals surface area contributed by atoms with Crippen LogP contribution in [0.3, 0.4) is 0 Å². The lowest BCUT2D eigenvalue weighted by Crippen LogP contribution is -2.41. The third-order valence-electron chi connectivity index (χ3n) is 4.78. The highest BCUT2D eigenvalue weighted by Crippen LogP contribution is 2.39. The topological polar surface area (TPSA) is 45.3 Å². The van der Waals surface area contributed by atoms with Gasteiger partial charge in [-0.3, -0.25) is 4.90 Å². The number of hydrogen-bond donors (Lipinski definition) is 1. The van der Waals surface area contributed by atoms with Crippen LogP contribution in [0, 0.1) is 0 Å². The van der Waals surface area contributed by atoms with Gasteiger partial charge in [0.25, 0.3) is 0 Å². The number of rotatable bonds is 2. The number of aromatic nitrogens is 1. The molecule has 0 saturated heterocycles. The molecule has 0 bridgehead atoms. The molecule has 1 atom stereocenters. The summed E-state index contributed by atoms with van der Waals surface area (Å²) in [6.45, 7) is 4.35. The molecule has 0 radical (unpaired) electrons. The van der Waals surface area contributed by atoms with E-state index >= 15 is 0 Å². The van der Waals surface area contributed by atoms with Gasteiger partial charge in [0.15, 0.2) is 0 Å². The second kappa shape index (κ2) is 6.69. The maximum absolute atomic E-state index is 12.7. The van der Waals surface area contributed by atoms with Gasteiger partial charge in [0.2, 0.25) is 0 Å². The first-order chi connectivity index (χ1) is 12.5. The molecule has 0 fully saturated rings. The van der Waals surface area contributed by atoms with E-state index in [2.05, 4.69) is 4.98 Å². The molecule has 26 heavy (non-hydrogen) atoms. The van der Waals surface area contributed by atoms with Crippen molar-refractivity contribution in [3.05, 3.63) is 70.4 Å². The van der Waals surface area contributed by atoms with Crippen molar-refractivity contribution in [1.82, 2.24) is 9.88 Å². The van der Waals surface area contributed by atoms with Gasteiger partial charge in [-0.15, -0.1) is 0 Å². The molecule has 4 nitrogen and oxygen atoms in total. The molecule has 2 aromatic carbocycles. The zero-order valence-corrected chi connectivity index (χ0v) is 15.6. The number of aromatic amines is 1. The van der Waals surface area contributed by atoms with Gasteiger partial charge >= 0.3 is 6.09 Å². The number of hydrogen-bond acceptors (Lipinski definition) is 2. The van der Waals surface area contributed by atoms with Gasteiger partial charge in [-0.2, -0.15) is 0 Å². The fourth-order valence-corrected chi connectivity index (χ4v) is 3.88. The molecule has 1 N–H and O–H groups in total. The molecule has 0 aliphatic carbocycles. The summed E-state index contributed by atoms with van der Waals surface area (Å²) in [6, 6.07) is 15.7. The van der Waals surface area contributed by atoms with Gasteiger partial charge < -0.3 is 9.72 Å². The molecule has 2 heterocycles. The van der Waals surface area contributed by atoms with Crippen LogP contribution in [-0.4, -0.2) is 28.6 Å². The largest absolute Gasteiger partial charge is 0.447 e. The lowest BCUT2D eigenvalue weighted by atomic mass is 9.93. The first-order valence-corrected chi connectivity index (χ1v) is 9.24. The number of carbonyl (C=O) groups is 1. The fraction of sp³-hybridized carbons (Fsp3) is 0.286. The Balaban J connectivity index is 1.86. The Bertz CT molecular complexity index is 949. The first kappa shape index (κ1) is 17.0. The number of nitrogens with one attached hydrogen (secondary N) is 1. The normalized spacial score (nSPS) is 16.8. The average Bonchev–Trinajstić information content (AvgIpc) is 2.99. The zero-order chi connectivity index (χ0) is 18.3. The van der Waals surface area contributed by atoms with Crippen LogP contribution in [0.1, 0.15) is 36.7 Å². The van der Waals surface area contributed by atoms with E-state index in [0.29, 0.717) is 6.54 Å². The number of carbonyl (C=O) groups excluding carboxylic acids is 1. The maximum atomic E-state index is 12.7. The summed E-state index contributed by atoms with van der Waals surface area (Å²) >= 11 is 6.21. The molecule has 134 valence electrons. The summed E-state index contributed by atoms with van der Waals surface area (Å²) in [5.74, 6) is 0. The minimum atomic E-state index is -0.281. The number of nitrogens with zero attached hydrogens (tertiary/aromatic N) is 1. The van der Waals surface area contributed by atoms with Crippen LogP contribution < -0.4 is 0 Å². The Labute approximate surface area is 157 Å². The van der Waals surface area contributed by atoms with E-state index in [-0.39, 0.29) is 18.2 Å². The molecule has 1 unspecified atom stereocenters. The van der Waals surface area contributed by atoms with Gasteiger partial charge in [0, 0.05) is 28.2 Å². The van der Waals surface area contributed by atoms with Crippen LogP contribution in [0.4, 0.5) is 4.79 Å².